The van der Waals surface area contributed by atoms with Gasteiger partial charge in [0.15, 0.2) is 0 Å². The van der Waals surface area contributed by atoms with Crippen molar-refractivity contribution in [1.29, 1.82) is 0 Å². The first-order valence-electron chi connectivity index (χ1n) is 7.32. The number of carbonyl (C=O) groups is 2. The van der Waals surface area contributed by atoms with Crippen molar-refractivity contribution in [2.45, 2.75) is 18.2 Å². The van der Waals surface area contributed by atoms with E-state index in [1.165, 1.54) is 16.7 Å². The van der Waals surface area contributed by atoms with E-state index in [0.717, 1.165) is 21.4 Å². The number of rotatable bonds is 9. The van der Waals surface area contributed by atoms with E-state index in [1.807, 2.05) is 25.1 Å². The molecule has 0 spiro atoms. The number of amides is 2. The molecule has 0 saturated heterocycles. The lowest BCUT2D eigenvalue weighted by atomic mass is 10.2. The van der Waals surface area contributed by atoms with Crippen LogP contribution >= 0.6 is 27.7 Å². The average Bonchev–Trinajstić information content (AvgIpc) is 2.50. The van der Waals surface area contributed by atoms with Crippen LogP contribution in [0.5, 0.6) is 0 Å². The van der Waals surface area contributed by atoms with Gasteiger partial charge in [0.25, 0.3) is 0 Å². The first-order valence-corrected chi connectivity index (χ1v) is 9.10. The first-order chi connectivity index (χ1) is 10.9. The van der Waals surface area contributed by atoms with Crippen molar-refractivity contribution >= 4 is 39.5 Å². The van der Waals surface area contributed by atoms with Crippen LogP contribution in [0.2, 0.25) is 0 Å². The summed E-state index contributed by atoms with van der Waals surface area (Å²) in [7, 11) is 3.27. The number of carbonyl (C=O) groups excluding carboxylic acids is 2. The Bertz CT molecular complexity index is 540. The molecule has 0 atom stereocenters. The third-order valence-corrected chi connectivity index (χ3v) is 4.80. The highest BCUT2D eigenvalue weighted by Gasteiger charge is 2.13. The highest BCUT2D eigenvalue weighted by Crippen LogP contribution is 2.25. The Morgan fingerprint density at radius 2 is 2.13 bits per heavy atom. The van der Waals surface area contributed by atoms with Crippen molar-refractivity contribution < 1.29 is 14.3 Å². The second-order valence-electron chi connectivity index (χ2n) is 5.14. The molecule has 0 aliphatic rings. The molecule has 1 rings (SSSR count). The van der Waals surface area contributed by atoms with E-state index in [9.17, 15) is 9.59 Å². The van der Waals surface area contributed by atoms with Gasteiger partial charge in [-0.2, -0.15) is 0 Å². The summed E-state index contributed by atoms with van der Waals surface area (Å²) >= 11 is 4.90. The monoisotopic (exact) mass is 402 g/mol. The number of nitrogens with one attached hydrogen (secondary N) is 1. The number of benzene rings is 1. The van der Waals surface area contributed by atoms with Crippen LogP contribution in [0.3, 0.4) is 0 Å². The predicted molar refractivity (Wildman–Crippen MR) is 96.7 cm³/mol. The fraction of sp³-hybridized carbons (Fsp3) is 0.500. The van der Waals surface area contributed by atoms with E-state index in [2.05, 4.69) is 21.2 Å². The van der Waals surface area contributed by atoms with Gasteiger partial charge in [-0.05, 0) is 37.1 Å². The van der Waals surface area contributed by atoms with Crippen molar-refractivity contribution in [3.8, 4) is 0 Å². The molecular weight excluding hydrogens is 380 g/mol. The normalized spacial score (nSPS) is 10.4. The summed E-state index contributed by atoms with van der Waals surface area (Å²) in [6, 6.07) is 5.96. The van der Waals surface area contributed by atoms with Crippen molar-refractivity contribution in [2.75, 3.05) is 39.6 Å². The topological polar surface area (TPSA) is 58.6 Å². The summed E-state index contributed by atoms with van der Waals surface area (Å²) in [4.78, 5) is 26.4. The van der Waals surface area contributed by atoms with Crippen LogP contribution in [-0.4, -0.2) is 56.3 Å². The quantitative estimate of drug-likeness (QED) is 0.509. The molecule has 128 valence electrons. The van der Waals surface area contributed by atoms with E-state index in [1.54, 1.807) is 14.2 Å². The lowest BCUT2D eigenvalue weighted by molar-refractivity contribution is -0.132. The van der Waals surface area contributed by atoms with Gasteiger partial charge < -0.3 is 15.0 Å². The molecule has 1 aromatic rings. The highest BCUT2D eigenvalue weighted by molar-refractivity contribution is 9.10. The average molecular weight is 403 g/mol. The maximum absolute atomic E-state index is 12.1. The van der Waals surface area contributed by atoms with Gasteiger partial charge >= 0.3 is 0 Å². The number of likely N-dealkylation sites (N-methyl/N-ethyl adjacent to an activating group) is 1. The molecule has 0 bridgehead atoms. The summed E-state index contributed by atoms with van der Waals surface area (Å²) in [5.41, 5.74) is 1.12. The number of hydrogen-bond acceptors (Lipinski definition) is 4. The molecule has 1 aromatic carbocycles. The SMILES string of the molecule is COCCCNC(=O)CN(C)C(=O)CSc1ccc(Br)cc1C. The molecule has 23 heavy (non-hydrogen) atoms. The molecule has 7 heteroatoms. The molecule has 0 aliphatic carbocycles. The molecule has 0 fully saturated rings. The van der Waals surface area contributed by atoms with Gasteiger partial charge in [-0.3, -0.25) is 9.59 Å². The third-order valence-electron chi connectivity index (χ3n) is 3.14. The van der Waals surface area contributed by atoms with E-state index in [-0.39, 0.29) is 18.4 Å². The zero-order valence-corrected chi connectivity index (χ0v) is 16.1. The Kier molecular flexibility index (Phi) is 9.28. The van der Waals surface area contributed by atoms with E-state index in [4.69, 9.17) is 4.74 Å². The van der Waals surface area contributed by atoms with E-state index >= 15 is 0 Å². The number of hydrogen-bond donors (Lipinski definition) is 1. The van der Waals surface area contributed by atoms with Crippen molar-refractivity contribution in [3.05, 3.63) is 28.2 Å². The van der Waals surface area contributed by atoms with Gasteiger partial charge in [-0.1, -0.05) is 15.9 Å². The van der Waals surface area contributed by atoms with Crippen LogP contribution in [0.1, 0.15) is 12.0 Å². The molecule has 1 N–H and O–H groups in total. The number of nitrogens with zero attached hydrogens (tertiary/aromatic N) is 1. The van der Waals surface area contributed by atoms with Crippen molar-refractivity contribution in [1.82, 2.24) is 10.2 Å². The molecule has 0 heterocycles. The smallest absolute Gasteiger partial charge is 0.239 e. The molecule has 2 amide bonds. The Labute approximate surface area is 150 Å². The Morgan fingerprint density at radius 3 is 2.78 bits per heavy atom. The van der Waals surface area contributed by atoms with Crippen LogP contribution < -0.4 is 5.32 Å². The number of halogens is 1. The summed E-state index contributed by atoms with van der Waals surface area (Å²) in [6.45, 7) is 3.25. The minimum atomic E-state index is -0.151. The Hall–Kier alpha value is -1.05. The molecule has 0 aliphatic heterocycles. The van der Waals surface area contributed by atoms with Gasteiger partial charge in [0.1, 0.15) is 0 Å². The van der Waals surface area contributed by atoms with Gasteiger partial charge in [-0.25, -0.2) is 0 Å². The second kappa shape index (κ2) is 10.7. The molecular formula is C16H23BrN2O3S. The van der Waals surface area contributed by atoms with Crippen LogP contribution in [0, 0.1) is 6.92 Å². The predicted octanol–water partition coefficient (Wildman–Crippen LogP) is 2.46. The third kappa shape index (κ3) is 7.85. The Balaban J connectivity index is 2.34. The standard InChI is InChI=1S/C16H23BrN2O3S/c1-12-9-13(17)5-6-14(12)23-11-16(21)19(2)10-15(20)18-7-4-8-22-3/h5-6,9H,4,7-8,10-11H2,1-3H3,(H,18,20). The zero-order chi connectivity index (χ0) is 17.2. The fourth-order valence-electron chi connectivity index (χ4n) is 1.83. The lowest BCUT2D eigenvalue weighted by Crippen LogP contribution is -2.39. The Morgan fingerprint density at radius 1 is 1.39 bits per heavy atom. The van der Waals surface area contributed by atoms with Crippen LogP contribution in [0.25, 0.3) is 0 Å². The van der Waals surface area contributed by atoms with Crippen LogP contribution in [0.4, 0.5) is 0 Å². The number of methoxy groups -OCH3 is 1. The second-order valence-corrected chi connectivity index (χ2v) is 7.08. The van der Waals surface area contributed by atoms with Crippen LogP contribution in [0.15, 0.2) is 27.6 Å². The molecule has 0 saturated carbocycles. The minimum Gasteiger partial charge on any atom is -0.385 e. The maximum Gasteiger partial charge on any atom is 0.239 e. The fourth-order valence-corrected chi connectivity index (χ4v) is 3.25. The molecule has 0 unspecified atom stereocenters. The van der Waals surface area contributed by atoms with E-state index in [0.29, 0.717) is 18.9 Å². The zero-order valence-electron chi connectivity index (χ0n) is 13.7. The molecule has 0 aromatic heterocycles. The molecule has 0 radical (unpaired) electrons. The van der Waals surface area contributed by atoms with Crippen molar-refractivity contribution in [3.63, 3.8) is 0 Å². The molecule has 5 nitrogen and oxygen atoms in total. The number of thioether (sulfide) groups is 1. The van der Waals surface area contributed by atoms with Gasteiger partial charge in [0, 0.05) is 36.7 Å². The largest absolute Gasteiger partial charge is 0.385 e. The summed E-state index contributed by atoms with van der Waals surface area (Å²) in [5.74, 6) is 0.0989. The summed E-state index contributed by atoms with van der Waals surface area (Å²) in [5, 5.41) is 2.77. The number of ether oxygens (including phenoxy) is 1. The summed E-state index contributed by atoms with van der Waals surface area (Å²) < 4.78 is 5.93. The van der Waals surface area contributed by atoms with E-state index < -0.39 is 0 Å². The van der Waals surface area contributed by atoms with Gasteiger partial charge in [0.05, 0.1) is 12.3 Å². The highest BCUT2D eigenvalue weighted by atomic mass is 79.9. The summed E-state index contributed by atoms with van der Waals surface area (Å²) in [6.07, 6.45) is 0.762. The van der Waals surface area contributed by atoms with Crippen molar-refractivity contribution in [2.24, 2.45) is 0 Å². The first kappa shape index (κ1) is 20.0. The minimum absolute atomic E-state index is 0.0654. The number of aryl methyl sites for hydroxylation is 1. The lowest BCUT2D eigenvalue weighted by Gasteiger charge is -2.17. The van der Waals surface area contributed by atoms with Crippen LogP contribution in [-0.2, 0) is 14.3 Å². The van der Waals surface area contributed by atoms with Gasteiger partial charge in [0.2, 0.25) is 11.8 Å². The maximum atomic E-state index is 12.1. The van der Waals surface area contributed by atoms with Gasteiger partial charge in [-0.15, -0.1) is 11.8 Å².